The Hall–Kier alpha value is -0.980. The van der Waals surface area contributed by atoms with Crippen molar-refractivity contribution < 1.29 is 9.84 Å². The van der Waals surface area contributed by atoms with Crippen LogP contribution in [-0.4, -0.2) is 17.2 Å². The lowest BCUT2D eigenvalue weighted by atomic mass is 10.2. The molecule has 0 saturated carbocycles. The molecule has 0 amide bonds. The van der Waals surface area contributed by atoms with Crippen molar-refractivity contribution >= 4 is 44.6 Å². The van der Waals surface area contributed by atoms with Crippen LogP contribution in [0.25, 0.3) is 0 Å². The van der Waals surface area contributed by atoms with Crippen LogP contribution in [0.2, 0.25) is 4.47 Å². The highest BCUT2D eigenvalue weighted by Crippen LogP contribution is 2.36. The summed E-state index contributed by atoms with van der Waals surface area (Å²) in [5.74, 6) is 0.802. The second-order valence-electron chi connectivity index (χ2n) is 3.44. The van der Waals surface area contributed by atoms with E-state index in [4.69, 9.17) is 16.3 Å². The lowest BCUT2D eigenvalue weighted by molar-refractivity contribution is 0.412. The molecular weight excluding hydrogens is 340 g/mol. The summed E-state index contributed by atoms with van der Waals surface area (Å²) in [4.78, 5) is 4.93. The van der Waals surface area contributed by atoms with E-state index in [2.05, 4.69) is 26.2 Å². The van der Waals surface area contributed by atoms with Gasteiger partial charge in [-0.3, -0.25) is 0 Å². The van der Waals surface area contributed by atoms with Gasteiger partial charge in [0.15, 0.2) is 10.2 Å². The number of hydrogen-bond donors (Lipinski definition) is 2. The van der Waals surface area contributed by atoms with Crippen molar-refractivity contribution in [2.45, 2.75) is 6.54 Å². The van der Waals surface area contributed by atoms with Gasteiger partial charge in [-0.15, -0.1) is 11.3 Å². The number of anilines is 1. The maximum absolute atomic E-state index is 9.90. The molecule has 4 nitrogen and oxygen atoms in total. The van der Waals surface area contributed by atoms with Crippen LogP contribution >= 0.6 is 38.9 Å². The summed E-state index contributed by atoms with van der Waals surface area (Å²) >= 11 is 10.4. The van der Waals surface area contributed by atoms with Crippen LogP contribution in [-0.2, 0) is 6.54 Å². The van der Waals surface area contributed by atoms with Crippen LogP contribution in [0.5, 0.6) is 11.5 Å². The van der Waals surface area contributed by atoms with Gasteiger partial charge in [-0.05, 0) is 22.0 Å². The molecule has 96 valence electrons. The number of ether oxygens (including phenoxy) is 1. The van der Waals surface area contributed by atoms with Crippen molar-refractivity contribution in [2.75, 3.05) is 12.4 Å². The van der Waals surface area contributed by atoms with Crippen LogP contribution in [0.15, 0.2) is 22.8 Å². The number of phenolic OH excluding ortho intramolecular Hbond substituents is 1. The van der Waals surface area contributed by atoms with E-state index in [1.165, 1.54) is 11.3 Å². The lowest BCUT2D eigenvalue weighted by Gasteiger charge is -2.10. The van der Waals surface area contributed by atoms with E-state index >= 15 is 0 Å². The topological polar surface area (TPSA) is 54.4 Å². The second-order valence-corrected chi connectivity index (χ2v) is 5.99. The summed E-state index contributed by atoms with van der Waals surface area (Å²) in [6.45, 7) is 0.539. The second kappa shape index (κ2) is 5.77. The van der Waals surface area contributed by atoms with Crippen LogP contribution < -0.4 is 10.1 Å². The molecule has 7 heteroatoms. The number of thiazole rings is 1. The number of aromatic hydroxyl groups is 1. The minimum Gasteiger partial charge on any atom is -0.505 e. The van der Waals surface area contributed by atoms with E-state index in [9.17, 15) is 5.11 Å². The molecule has 0 bridgehead atoms. The van der Waals surface area contributed by atoms with Crippen molar-refractivity contribution in [2.24, 2.45) is 0 Å². The van der Waals surface area contributed by atoms with E-state index in [0.29, 0.717) is 26.9 Å². The van der Waals surface area contributed by atoms with Crippen molar-refractivity contribution in [1.29, 1.82) is 0 Å². The number of benzene rings is 1. The van der Waals surface area contributed by atoms with Gasteiger partial charge in [0.1, 0.15) is 5.75 Å². The minimum absolute atomic E-state index is 0.145. The first kappa shape index (κ1) is 13.5. The van der Waals surface area contributed by atoms with Crippen LogP contribution in [0, 0.1) is 0 Å². The third-order valence-corrected chi connectivity index (χ3v) is 3.97. The molecule has 0 radical (unpaired) electrons. The molecule has 0 unspecified atom stereocenters. The predicted molar refractivity (Wildman–Crippen MR) is 76.8 cm³/mol. The van der Waals surface area contributed by atoms with E-state index in [-0.39, 0.29) is 5.75 Å². The number of aromatic nitrogens is 1. The fourth-order valence-corrected chi connectivity index (χ4v) is 2.73. The number of nitrogens with zero attached hydrogens (tertiary/aromatic N) is 1. The number of halogens is 2. The Morgan fingerprint density at radius 2 is 2.33 bits per heavy atom. The predicted octanol–water partition coefficient (Wildman–Crippen LogP) is 3.89. The molecule has 1 heterocycles. The van der Waals surface area contributed by atoms with Gasteiger partial charge in [-0.1, -0.05) is 11.6 Å². The highest BCUT2D eigenvalue weighted by molar-refractivity contribution is 9.10. The van der Waals surface area contributed by atoms with Crippen molar-refractivity contribution in [3.8, 4) is 11.5 Å². The quantitative estimate of drug-likeness (QED) is 0.822. The van der Waals surface area contributed by atoms with Gasteiger partial charge in [0, 0.05) is 17.1 Å². The smallest absolute Gasteiger partial charge is 0.183 e. The maximum Gasteiger partial charge on any atom is 0.183 e. The fraction of sp³-hybridized carbons (Fsp3) is 0.182. The molecule has 2 aromatic rings. The summed E-state index contributed by atoms with van der Waals surface area (Å²) < 4.78 is 6.21. The van der Waals surface area contributed by atoms with Gasteiger partial charge in [-0.25, -0.2) is 4.98 Å². The molecule has 0 aliphatic carbocycles. The standard InChI is InChI=1S/C11H10BrClN2O2S/c1-17-6-2-8(12)10(16)9(3-6)14-4-7-5-15-11(13)18-7/h2-3,5,14,16H,4H2,1H3. The molecule has 1 aromatic carbocycles. The summed E-state index contributed by atoms with van der Waals surface area (Å²) in [5, 5.41) is 13.0. The zero-order valence-electron chi connectivity index (χ0n) is 9.41. The Morgan fingerprint density at radius 3 is 2.94 bits per heavy atom. The monoisotopic (exact) mass is 348 g/mol. The zero-order chi connectivity index (χ0) is 13.1. The first-order valence-corrected chi connectivity index (χ1v) is 6.99. The Bertz CT molecular complexity index is 562. The SMILES string of the molecule is COc1cc(Br)c(O)c(NCc2cnc(Cl)s2)c1. The number of rotatable bonds is 4. The molecule has 0 aliphatic heterocycles. The number of hydrogen-bond acceptors (Lipinski definition) is 5. The van der Waals surface area contributed by atoms with Crippen molar-refractivity contribution in [1.82, 2.24) is 4.98 Å². The maximum atomic E-state index is 9.90. The highest BCUT2D eigenvalue weighted by atomic mass is 79.9. The Labute approximate surface area is 122 Å². The molecule has 0 fully saturated rings. The average molecular weight is 350 g/mol. The van der Waals surface area contributed by atoms with Gasteiger partial charge in [-0.2, -0.15) is 0 Å². The largest absolute Gasteiger partial charge is 0.505 e. The van der Waals surface area contributed by atoms with Gasteiger partial charge in [0.05, 0.1) is 23.8 Å². The fourth-order valence-electron chi connectivity index (χ4n) is 1.37. The van der Waals surface area contributed by atoms with Crippen molar-refractivity contribution in [3.05, 3.63) is 32.1 Å². The molecular formula is C11H10BrClN2O2S. The van der Waals surface area contributed by atoms with Crippen molar-refractivity contribution in [3.63, 3.8) is 0 Å². The molecule has 0 saturated heterocycles. The van der Waals surface area contributed by atoms with Crippen LogP contribution in [0.4, 0.5) is 5.69 Å². The number of nitrogens with one attached hydrogen (secondary N) is 1. The molecule has 0 atom stereocenters. The van der Waals surface area contributed by atoms with E-state index in [1.807, 2.05) is 0 Å². The molecule has 18 heavy (non-hydrogen) atoms. The summed E-state index contributed by atoms with van der Waals surface area (Å²) in [6.07, 6.45) is 1.70. The van der Waals surface area contributed by atoms with E-state index < -0.39 is 0 Å². The summed E-state index contributed by atoms with van der Waals surface area (Å²) in [7, 11) is 1.57. The zero-order valence-corrected chi connectivity index (χ0v) is 12.6. The third-order valence-electron chi connectivity index (χ3n) is 2.25. The average Bonchev–Trinajstić information content (AvgIpc) is 2.77. The van der Waals surface area contributed by atoms with Crippen LogP contribution in [0.1, 0.15) is 4.88 Å². The minimum atomic E-state index is 0.145. The highest BCUT2D eigenvalue weighted by Gasteiger charge is 2.09. The molecule has 2 N–H and O–H groups in total. The molecule has 1 aromatic heterocycles. The first-order valence-electron chi connectivity index (χ1n) is 5.00. The van der Waals surface area contributed by atoms with E-state index in [0.717, 1.165) is 4.88 Å². The van der Waals surface area contributed by atoms with Gasteiger partial charge >= 0.3 is 0 Å². The summed E-state index contributed by atoms with van der Waals surface area (Å²) in [5.41, 5.74) is 0.589. The lowest BCUT2D eigenvalue weighted by Crippen LogP contribution is -1.98. The third kappa shape index (κ3) is 3.07. The number of methoxy groups -OCH3 is 1. The number of phenols is 1. The normalized spacial score (nSPS) is 10.4. The Morgan fingerprint density at radius 1 is 1.56 bits per heavy atom. The van der Waals surface area contributed by atoms with Gasteiger partial charge < -0.3 is 15.2 Å². The van der Waals surface area contributed by atoms with Gasteiger partial charge in [0.2, 0.25) is 0 Å². The molecule has 0 spiro atoms. The molecule has 0 aliphatic rings. The van der Waals surface area contributed by atoms with Gasteiger partial charge in [0.25, 0.3) is 0 Å². The first-order chi connectivity index (χ1) is 8.60. The Balaban J connectivity index is 2.15. The van der Waals surface area contributed by atoms with Crippen LogP contribution in [0.3, 0.4) is 0 Å². The Kier molecular flexibility index (Phi) is 4.31. The van der Waals surface area contributed by atoms with E-state index in [1.54, 1.807) is 25.4 Å². The molecule has 2 rings (SSSR count). The summed E-state index contributed by atoms with van der Waals surface area (Å²) in [6, 6.07) is 3.42.